The van der Waals surface area contributed by atoms with E-state index in [2.05, 4.69) is 18.1 Å². The van der Waals surface area contributed by atoms with Gasteiger partial charge in [0, 0.05) is 28.4 Å². The lowest BCUT2D eigenvalue weighted by Gasteiger charge is -2.29. The first-order valence-corrected chi connectivity index (χ1v) is 7.32. The molecule has 11 heteroatoms. The molecule has 0 aromatic rings. The van der Waals surface area contributed by atoms with E-state index in [4.69, 9.17) is 0 Å². The van der Waals surface area contributed by atoms with Crippen LogP contribution in [-0.2, 0) is 27.2 Å². The third-order valence-electron chi connectivity index (χ3n) is 1.91. The van der Waals surface area contributed by atoms with Crippen LogP contribution in [0.4, 0.5) is 13.2 Å². The van der Waals surface area contributed by atoms with E-state index in [1.54, 1.807) is 0 Å². The molecule has 0 aliphatic carbocycles. The van der Waals surface area contributed by atoms with Crippen LogP contribution in [0.1, 0.15) is 0 Å². The highest BCUT2D eigenvalue weighted by Crippen LogP contribution is 2.73. The van der Waals surface area contributed by atoms with Gasteiger partial charge in [0.2, 0.25) is 0 Å². The molecule has 0 aliphatic rings. The molecule has 6 nitrogen and oxygen atoms in total. The zero-order valence-corrected chi connectivity index (χ0v) is 11.3. The van der Waals surface area contributed by atoms with Gasteiger partial charge in [-0.3, -0.25) is 9.13 Å². The third-order valence-corrected chi connectivity index (χ3v) is 7.43. The van der Waals surface area contributed by atoms with E-state index < -0.39 is 26.8 Å². The second-order valence-electron chi connectivity index (χ2n) is 2.73. The Morgan fingerprint density at radius 3 is 1.18 bits per heavy atom. The smallest absolute Gasteiger partial charge is 0.311 e. The predicted octanol–water partition coefficient (Wildman–Crippen LogP) is 2.85. The minimum absolute atomic E-state index is 0.749. The van der Waals surface area contributed by atoms with Gasteiger partial charge in [-0.15, -0.1) is 0 Å². The minimum Gasteiger partial charge on any atom is -0.311 e. The van der Waals surface area contributed by atoms with Crippen molar-refractivity contribution in [1.82, 2.24) is 0 Å². The number of alkyl halides is 3. The zero-order valence-electron chi connectivity index (χ0n) is 9.56. The summed E-state index contributed by atoms with van der Waals surface area (Å²) in [5, 5.41) is -2.99. The fourth-order valence-electron chi connectivity index (χ4n) is 1.08. The molecule has 0 saturated carbocycles. The lowest BCUT2D eigenvalue weighted by molar-refractivity contribution is -0.122. The van der Waals surface area contributed by atoms with Crippen molar-refractivity contribution in [3.05, 3.63) is 0 Å². The van der Waals surface area contributed by atoms with Crippen molar-refractivity contribution in [2.45, 2.75) is 11.6 Å². The molecule has 0 fully saturated rings. The summed E-state index contributed by atoms with van der Waals surface area (Å²) in [7, 11) is -6.42. The van der Waals surface area contributed by atoms with Crippen molar-refractivity contribution < 1.29 is 40.4 Å². The molecule has 0 saturated heterocycles. The highest BCUT2D eigenvalue weighted by molar-refractivity contribution is 7.72. The van der Waals surface area contributed by atoms with Crippen LogP contribution in [0.15, 0.2) is 0 Å². The van der Waals surface area contributed by atoms with Crippen molar-refractivity contribution in [2.24, 2.45) is 0 Å². The molecule has 0 heterocycles. The monoisotopic (exact) mass is 300 g/mol. The summed E-state index contributed by atoms with van der Waals surface area (Å²) in [5.41, 5.74) is 0. The minimum atomic E-state index is -5.14. The van der Waals surface area contributed by atoms with Gasteiger partial charge < -0.3 is 18.1 Å². The van der Waals surface area contributed by atoms with E-state index >= 15 is 0 Å². The average Bonchev–Trinajstić information content (AvgIpc) is 2.26. The molecule has 0 spiro atoms. The summed E-state index contributed by atoms with van der Waals surface area (Å²) in [6, 6.07) is 0. The highest BCUT2D eigenvalue weighted by Gasteiger charge is 2.64. The van der Waals surface area contributed by atoms with Crippen molar-refractivity contribution in [1.29, 1.82) is 0 Å². The van der Waals surface area contributed by atoms with Crippen LogP contribution in [0.3, 0.4) is 0 Å². The molecule has 104 valence electrons. The van der Waals surface area contributed by atoms with Gasteiger partial charge in [-0.25, -0.2) is 0 Å². The molecule has 0 atom stereocenters. The quantitative estimate of drug-likeness (QED) is 0.702. The first kappa shape index (κ1) is 17.1. The van der Waals surface area contributed by atoms with Crippen LogP contribution < -0.4 is 0 Å². The highest BCUT2D eigenvalue weighted by atomic mass is 31.2. The number of halogens is 3. The third kappa shape index (κ3) is 3.53. The lowest BCUT2D eigenvalue weighted by atomic mass is 10.8. The van der Waals surface area contributed by atoms with Crippen LogP contribution >= 0.6 is 15.2 Å². The van der Waals surface area contributed by atoms with Gasteiger partial charge in [0.15, 0.2) is 0 Å². The SMILES string of the molecule is COP(=O)(OC)C(C(F)(F)F)P(=O)(OC)OC. The Labute approximate surface area is 96.4 Å². The van der Waals surface area contributed by atoms with E-state index in [1.807, 2.05) is 0 Å². The van der Waals surface area contributed by atoms with Gasteiger partial charge in [-0.05, 0) is 0 Å². The standard InChI is InChI=1S/C6H13F3O6P2/c1-12-16(10,13-2)5(6(7,8)9)17(11,14-3)15-4/h5H,1-4H3. The van der Waals surface area contributed by atoms with E-state index in [1.165, 1.54) is 0 Å². The summed E-state index contributed by atoms with van der Waals surface area (Å²) < 4.78 is 78.7. The van der Waals surface area contributed by atoms with Gasteiger partial charge >= 0.3 is 21.4 Å². The van der Waals surface area contributed by atoms with Crippen molar-refractivity contribution in [3.63, 3.8) is 0 Å². The second kappa shape index (κ2) is 5.82. The van der Waals surface area contributed by atoms with Gasteiger partial charge in [0.05, 0.1) is 0 Å². The number of hydrogen-bond acceptors (Lipinski definition) is 6. The van der Waals surface area contributed by atoms with Gasteiger partial charge in [-0.1, -0.05) is 0 Å². The van der Waals surface area contributed by atoms with Crippen molar-refractivity contribution >= 4 is 15.2 Å². The Hall–Kier alpha value is 0.0900. The predicted molar refractivity (Wildman–Crippen MR) is 53.1 cm³/mol. The molecule has 0 amide bonds. The maximum Gasteiger partial charge on any atom is 0.414 e. The number of hydrogen-bond donors (Lipinski definition) is 0. The van der Waals surface area contributed by atoms with Crippen LogP contribution in [0.5, 0.6) is 0 Å². The molecular formula is C6H13F3O6P2. The van der Waals surface area contributed by atoms with Crippen molar-refractivity contribution in [3.8, 4) is 0 Å². The molecule has 17 heavy (non-hydrogen) atoms. The summed E-state index contributed by atoms with van der Waals surface area (Å²) in [6.07, 6.45) is -5.14. The maximum atomic E-state index is 12.8. The van der Waals surface area contributed by atoms with Crippen LogP contribution in [0, 0.1) is 0 Å². The fourth-order valence-corrected chi connectivity index (χ4v) is 5.41. The van der Waals surface area contributed by atoms with E-state index in [0.717, 1.165) is 28.4 Å². The van der Waals surface area contributed by atoms with E-state index in [0.29, 0.717) is 0 Å². The van der Waals surface area contributed by atoms with E-state index in [-0.39, 0.29) is 0 Å². The van der Waals surface area contributed by atoms with Crippen LogP contribution in [0.25, 0.3) is 0 Å². The molecule has 0 radical (unpaired) electrons. The molecule has 0 bridgehead atoms. The molecular weight excluding hydrogens is 287 g/mol. The van der Waals surface area contributed by atoms with Gasteiger partial charge in [0.1, 0.15) is 0 Å². The zero-order chi connectivity index (χ0) is 13.9. The summed E-state index contributed by atoms with van der Waals surface area (Å²) in [6.45, 7) is 0. The first-order chi connectivity index (χ1) is 7.61. The maximum absolute atomic E-state index is 12.8. The van der Waals surface area contributed by atoms with Gasteiger partial charge in [-0.2, -0.15) is 13.2 Å². The summed E-state index contributed by atoms with van der Waals surface area (Å²) in [5.74, 6) is 0. The Morgan fingerprint density at radius 2 is 1.06 bits per heavy atom. The second-order valence-corrected chi connectivity index (χ2v) is 7.79. The normalized spacial score (nSPS) is 14.4. The van der Waals surface area contributed by atoms with Gasteiger partial charge in [0.25, 0.3) is 5.40 Å². The average molecular weight is 300 g/mol. The molecule has 0 aliphatic heterocycles. The molecule has 0 unspecified atom stereocenters. The largest absolute Gasteiger partial charge is 0.414 e. The molecule has 0 aromatic carbocycles. The van der Waals surface area contributed by atoms with Crippen molar-refractivity contribution in [2.75, 3.05) is 28.4 Å². The Balaban J connectivity index is 5.77. The number of rotatable bonds is 6. The lowest BCUT2D eigenvalue weighted by Crippen LogP contribution is -2.31. The molecule has 0 rings (SSSR count). The van der Waals surface area contributed by atoms with Crippen LogP contribution in [0.2, 0.25) is 0 Å². The molecule has 0 aromatic heterocycles. The summed E-state index contributed by atoms with van der Waals surface area (Å²) in [4.78, 5) is 0. The Morgan fingerprint density at radius 1 is 0.824 bits per heavy atom. The topological polar surface area (TPSA) is 71.1 Å². The Bertz CT molecular complexity index is 301. The fraction of sp³-hybridized carbons (Fsp3) is 1.00. The van der Waals surface area contributed by atoms with E-state index in [9.17, 15) is 22.3 Å². The van der Waals surface area contributed by atoms with Crippen LogP contribution in [-0.4, -0.2) is 40.0 Å². The molecule has 0 N–H and O–H groups in total. The first-order valence-electron chi connectivity index (χ1n) is 4.10. The summed E-state index contributed by atoms with van der Waals surface area (Å²) >= 11 is 0. The Kier molecular flexibility index (Phi) is 5.85.